The van der Waals surface area contributed by atoms with Crippen LogP contribution in [0.4, 0.5) is 0 Å². The molecule has 0 saturated heterocycles. The maximum absolute atomic E-state index is 12.7. The summed E-state index contributed by atoms with van der Waals surface area (Å²) in [7, 11) is 0. The molecule has 142 valence electrons. The van der Waals surface area contributed by atoms with E-state index in [-0.39, 0.29) is 5.78 Å². The Bertz CT molecular complexity index is 1330. The van der Waals surface area contributed by atoms with Gasteiger partial charge in [0.1, 0.15) is 0 Å². The molecule has 4 aromatic carbocycles. The van der Waals surface area contributed by atoms with Gasteiger partial charge in [-0.1, -0.05) is 97.1 Å². The summed E-state index contributed by atoms with van der Waals surface area (Å²) >= 11 is 0. The zero-order valence-electron chi connectivity index (χ0n) is 16.2. The van der Waals surface area contributed by atoms with Gasteiger partial charge in [0, 0.05) is 22.3 Å². The van der Waals surface area contributed by atoms with Crippen molar-refractivity contribution in [3.8, 4) is 22.5 Å². The monoisotopic (exact) mass is 386 g/mol. The maximum Gasteiger partial charge on any atom is 0.193 e. The Hall–Kier alpha value is -4.11. The Balaban J connectivity index is 1.61. The molecule has 0 fully saturated rings. The number of nitrogens with zero attached hydrogens (tertiary/aromatic N) is 2. The molecular formula is C27H18N2O. The first kappa shape index (κ1) is 18.0. The summed E-state index contributed by atoms with van der Waals surface area (Å²) in [6, 6.07) is 34.9. The molecule has 0 aliphatic heterocycles. The van der Waals surface area contributed by atoms with Crippen LogP contribution in [0.15, 0.2) is 109 Å². The lowest BCUT2D eigenvalue weighted by Gasteiger charge is -2.11. The molecule has 0 aliphatic rings. The molecular weight excluding hydrogens is 368 g/mol. The van der Waals surface area contributed by atoms with Gasteiger partial charge >= 0.3 is 0 Å². The second kappa shape index (κ2) is 7.72. The van der Waals surface area contributed by atoms with Gasteiger partial charge in [-0.05, 0) is 12.1 Å². The second-order valence-corrected chi connectivity index (χ2v) is 7.05. The molecule has 0 saturated carbocycles. The van der Waals surface area contributed by atoms with E-state index in [9.17, 15) is 4.79 Å². The highest BCUT2D eigenvalue weighted by molar-refractivity contribution is 6.09. The van der Waals surface area contributed by atoms with Crippen LogP contribution in [0.25, 0.3) is 33.5 Å². The van der Waals surface area contributed by atoms with Crippen molar-refractivity contribution in [2.75, 3.05) is 0 Å². The summed E-state index contributed by atoms with van der Waals surface area (Å²) in [4.78, 5) is 22.5. The van der Waals surface area contributed by atoms with E-state index in [1.807, 2.05) is 109 Å². The minimum Gasteiger partial charge on any atom is -0.289 e. The predicted octanol–water partition coefficient (Wildman–Crippen LogP) is 6.19. The number of carbonyl (C=O) groups is 1. The summed E-state index contributed by atoms with van der Waals surface area (Å²) in [6.07, 6.45) is 0. The summed E-state index contributed by atoms with van der Waals surface area (Å²) in [5.74, 6) is 0.00929. The SMILES string of the molecule is O=C(c1ccccc1)c1ccc(-c2nc3ccccc3nc2-c2ccccc2)cc1. The first-order valence-corrected chi connectivity index (χ1v) is 9.82. The lowest BCUT2D eigenvalue weighted by Crippen LogP contribution is -2.01. The number of benzene rings is 4. The minimum absolute atomic E-state index is 0.00929. The molecule has 0 aliphatic carbocycles. The third kappa shape index (κ3) is 3.38. The van der Waals surface area contributed by atoms with E-state index < -0.39 is 0 Å². The van der Waals surface area contributed by atoms with E-state index in [1.54, 1.807) is 0 Å². The first-order chi connectivity index (χ1) is 14.8. The van der Waals surface area contributed by atoms with Gasteiger partial charge in [-0.2, -0.15) is 0 Å². The molecule has 5 aromatic rings. The largest absolute Gasteiger partial charge is 0.289 e. The van der Waals surface area contributed by atoms with Crippen LogP contribution in [-0.2, 0) is 0 Å². The van der Waals surface area contributed by atoms with Gasteiger partial charge in [-0.3, -0.25) is 4.79 Å². The summed E-state index contributed by atoms with van der Waals surface area (Å²) in [5, 5.41) is 0. The molecule has 1 heterocycles. The average Bonchev–Trinajstić information content (AvgIpc) is 2.84. The molecule has 3 heteroatoms. The number of para-hydroxylation sites is 2. The lowest BCUT2D eigenvalue weighted by atomic mass is 9.99. The van der Waals surface area contributed by atoms with Crippen molar-refractivity contribution in [3.63, 3.8) is 0 Å². The molecule has 0 atom stereocenters. The second-order valence-electron chi connectivity index (χ2n) is 7.05. The molecule has 0 amide bonds. The average molecular weight is 386 g/mol. The summed E-state index contributed by atoms with van der Waals surface area (Å²) in [5.41, 5.74) is 6.61. The van der Waals surface area contributed by atoms with Crippen LogP contribution in [0.3, 0.4) is 0 Å². The van der Waals surface area contributed by atoms with Gasteiger partial charge in [0.15, 0.2) is 5.78 Å². The highest BCUT2D eigenvalue weighted by Crippen LogP contribution is 2.31. The molecule has 0 spiro atoms. The molecule has 1 aromatic heterocycles. The molecule has 3 nitrogen and oxygen atoms in total. The Labute approximate surface area is 174 Å². The normalized spacial score (nSPS) is 10.8. The summed E-state index contributed by atoms with van der Waals surface area (Å²) < 4.78 is 0. The fourth-order valence-corrected chi connectivity index (χ4v) is 3.53. The summed E-state index contributed by atoms with van der Waals surface area (Å²) in [6.45, 7) is 0. The van der Waals surface area contributed by atoms with Crippen molar-refractivity contribution in [2.24, 2.45) is 0 Å². The van der Waals surface area contributed by atoms with Crippen molar-refractivity contribution >= 4 is 16.8 Å². The van der Waals surface area contributed by atoms with Crippen LogP contribution in [-0.4, -0.2) is 15.8 Å². The molecule has 0 unspecified atom stereocenters. The Kier molecular flexibility index (Phi) is 4.62. The molecule has 5 rings (SSSR count). The van der Waals surface area contributed by atoms with Gasteiger partial charge in [-0.15, -0.1) is 0 Å². The number of rotatable bonds is 4. The van der Waals surface area contributed by atoms with Crippen molar-refractivity contribution < 1.29 is 4.79 Å². The van der Waals surface area contributed by atoms with Crippen molar-refractivity contribution in [1.29, 1.82) is 0 Å². The smallest absolute Gasteiger partial charge is 0.193 e. The van der Waals surface area contributed by atoms with Crippen LogP contribution < -0.4 is 0 Å². The molecule has 0 bridgehead atoms. The number of carbonyl (C=O) groups excluding carboxylic acids is 1. The molecule has 30 heavy (non-hydrogen) atoms. The highest BCUT2D eigenvalue weighted by Gasteiger charge is 2.14. The van der Waals surface area contributed by atoms with Gasteiger partial charge in [0.25, 0.3) is 0 Å². The van der Waals surface area contributed by atoms with Crippen LogP contribution in [0.1, 0.15) is 15.9 Å². The topological polar surface area (TPSA) is 42.9 Å². The first-order valence-electron chi connectivity index (χ1n) is 9.82. The van der Waals surface area contributed by atoms with E-state index in [1.165, 1.54) is 0 Å². The van der Waals surface area contributed by atoms with E-state index >= 15 is 0 Å². The Morgan fingerprint density at radius 3 is 1.47 bits per heavy atom. The number of fused-ring (bicyclic) bond motifs is 1. The van der Waals surface area contributed by atoms with E-state index in [0.717, 1.165) is 33.5 Å². The standard InChI is InChI=1S/C27H18N2O/c30-27(21-11-5-2-6-12-21)22-17-15-20(16-18-22)26-25(19-9-3-1-4-10-19)28-23-13-7-8-14-24(23)29-26/h1-18H. The van der Waals surface area contributed by atoms with Gasteiger partial charge in [0.05, 0.1) is 22.4 Å². The van der Waals surface area contributed by atoms with Crippen molar-refractivity contribution in [1.82, 2.24) is 9.97 Å². The third-order valence-electron chi connectivity index (χ3n) is 5.07. The number of ketones is 1. The van der Waals surface area contributed by atoms with Gasteiger partial charge in [0.2, 0.25) is 0 Å². The third-order valence-corrected chi connectivity index (χ3v) is 5.07. The fraction of sp³-hybridized carbons (Fsp3) is 0. The fourth-order valence-electron chi connectivity index (χ4n) is 3.53. The maximum atomic E-state index is 12.7. The van der Waals surface area contributed by atoms with Crippen LogP contribution in [0.2, 0.25) is 0 Å². The zero-order valence-corrected chi connectivity index (χ0v) is 16.2. The van der Waals surface area contributed by atoms with Crippen LogP contribution >= 0.6 is 0 Å². The number of hydrogen-bond acceptors (Lipinski definition) is 3. The zero-order chi connectivity index (χ0) is 20.3. The van der Waals surface area contributed by atoms with Gasteiger partial charge in [-0.25, -0.2) is 9.97 Å². The minimum atomic E-state index is 0.00929. The van der Waals surface area contributed by atoms with Crippen molar-refractivity contribution in [2.45, 2.75) is 0 Å². The molecule has 0 N–H and O–H groups in total. The highest BCUT2D eigenvalue weighted by atomic mass is 16.1. The van der Waals surface area contributed by atoms with Crippen LogP contribution in [0, 0.1) is 0 Å². The van der Waals surface area contributed by atoms with E-state index in [4.69, 9.17) is 9.97 Å². The number of hydrogen-bond donors (Lipinski definition) is 0. The Morgan fingerprint density at radius 1 is 0.467 bits per heavy atom. The van der Waals surface area contributed by atoms with Crippen LogP contribution in [0.5, 0.6) is 0 Å². The predicted molar refractivity (Wildman–Crippen MR) is 120 cm³/mol. The van der Waals surface area contributed by atoms with Gasteiger partial charge < -0.3 is 0 Å². The van der Waals surface area contributed by atoms with E-state index in [0.29, 0.717) is 11.1 Å². The van der Waals surface area contributed by atoms with Crippen molar-refractivity contribution in [3.05, 3.63) is 120 Å². The van der Waals surface area contributed by atoms with E-state index in [2.05, 4.69) is 0 Å². The Morgan fingerprint density at radius 2 is 0.900 bits per heavy atom. The quantitative estimate of drug-likeness (QED) is 0.346. The molecule has 0 radical (unpaired) electrons. The number of aromatic nitrogens is 2. The lowest BCUT2D eigenvalue weighted by molar-refractivity contribution is 0.103.